The third-order valence-corrected chi connectivity index (χ3v) is 3.62. The minimum atomic E-state index is -0.402. The van der Waals surface area contributed by atoms with Crippen LogP contribution in [0.1, 0.15) is 45.2 Å². The SMILES string of the molecule is CCC/C=C(Cl)/C=C\C(=C(/C)NC(C)c1ccccc1)[N+](=O)[O-]. The first-order chi connectivity index (χ1) is 11.0. The minimum Gasteiger partial charge on any atom is -0.377 e. The molecule has 124 valence electrons. The van der Waals surface area contributed by atoms with E-state index in [-0.39, 0.29) is 11.7 Å². The summed E-state index contributed by atoms with van der Waals surface area (Å²) in [5.41, 5.74) is 1.58. The van der Waals surface area contributed by atoms with Crippen LogP contribution in [-0.2, 0) is 0 Å². The van der Waals surface area contributed by atoms with Gasteiger partial charge in [-0.15, -0.1) is 0 Å². The Hall–Kier alpha value is -2.07. The van der Waals surface area contributed by atoms with Crippen LogP contribution < -0.4 is 5.32 Å². The first-order valence-corrected chi connectivity index (χ1v) is 8.04. The molecule has 5 heteroatoms. The molecule has 1 N–H and O–H groups in total. The first-order valence-electron chi connectivity index (χ1n) is 7.66. The summed E-state index contributed by atoms with van der Waals surface area (Å²) in [5.74, 6) is 0. The molecule has 0 spiro atoms. The molecule has 1 aromatic carbocycles. The number of halogens is 1. The van der Waals surface area contributed by atoms with Gasteiger partial charge in [-0.1, -0.05) is 61.4 Å². The third kappa shape index (κ3) is 6.70. The van der Waals surface area contributed by atoms with Crippen molar-refractivity contribution in [2.24, 2.45) is 0 Å². The fraction of sp³-hybridized carbons (Fsp3) is 0.333. The molecule has 1 atom stereocenters. The molecular weight excluding hydrogens is 312 g/mol. The van der Waals surface area contributed by atoms with Gasteiger partial charge in [0.2, 0.25) is 0 Å². The summed E-state index contributed by atoms with van der Waals surface area (Å²) in [7, 11) is 0. The van der Waals surface area contributed by atoms with Crippen molar-refractivity contribution in [2.45, 2.75) is 39.7 Å². The normalized spacial score (nSPS) is 14.5. The number of nitrogens with one attached hydrogen (secondary N) is 1. The van der Waals surface area contributed by atoms with Gasteiger partial charge in [0.25, 0.3) is 5.70 Å². The van der Waals surface area contributed by atoms with Gasteiger partial charge in [0.1, 0.15) is 0 Å². The fourth-order valence-electron chi connectivity index (χ4n) is 2.06. The highest BCUT2D eigenvalue weighted by atomic mass is 35.5. The third-order valence-electron chi connectivity index (χ3n) is 3.34. The van der Waals surface area contributed by atoms with E-state index in [1.54, 1.807) is 13.0 Å². The van der Waals surface area contributed by atoms with Crippen molar-refractivity contribution in [1.82, 2.24) is 5.32 Å². The molecule has 0 amide bonds. The zero-order chi connectivity index (χ0) is 17.2. The predicted molar refractivity (Wildman–Crippen MR) is 95.7 cm³/mol. The van der Waals surface area contributed by atoms with E-state index in [0.29, 0.717) is 10.7 Å². The number of hydrogen-bond acceptors (Lipinski definition) is 3. The second-order valence-corrected chi connectivity index (χ2v) is 5.69. The Bertz CT molecular complexity index is 607. The van der Waals surface area contributed by atoms with Gasteiger partial charge < -0.3 is 5.32 Å². The lowest BCUT2D eigenvalue weighted by Gasteiger charge is -2.15. The summed E-state index contributed by atoms with van der Waals surface area (Å²) in [6, 6.07) is 9.77. The number of benzene rings is 1. The number of unbranched alkanes of at least 4 members (excludes halogenated alkanes) is 1. The van der Waals surface area contributed by atoms with Crippen molar-refractivity contribution in [1.29, 1.82) is 0 Å². The molecule has 0 aliphatic rings. The van der Waals surface area contributed by atoms with Crippen molar-refractivity contribution in [3.05, 3.63) is 80.7 Å². The van der Waals surface area contributed by atoms with Crippen molar-refractivity contribution < 1.29 is 4.92 Å². The molecule has 0 saturated carbocycles. The summed E-state index contributed by atoms with van der Waals surface area (Å²) in [4.78, 5) is 10.9. The topological polar surface area (TPSA) is 55.2 Å². The van der Waals surface area contributed by atoms with Crippen LogP contribution in [0.15, 0.2) is 65.0 Å². The molecule has 0 aromatic heterocycles. The van der Waals surface area contributed by atoms with E-state index in [4.69, 9.17) is 11.6 Å². The number of nitro groups is 1. The summed E-state index contributed by atoms with van der Waals surface area (Å²) >= 11 is 6.02. The van der Waals surface area contributed by atoms with Crippen molar-refractivity contribution in [3.63, 3.8) is 0 Å². The summed E-state index contributed by atoms with van der Waals surface area (Å²) < 4.78 is 0. The minimum absolute atomic E-state index is 0.0100. The molecule has 0 saturated heterocycles. The van der Waals surface area contributed by atoms with Gasteiger partial charge in [0.15, 0.2) is 0 Å². The smallest absolute Gasteiger partial charge is 0.287 e. The molecular formula is C18H23ClN2O2. The summed E-state index contributed by atoms with van der Waals surface area (Å²) in [5, 5.41) is 15.0. The number of allylic oxidation sites excluding steroid dienone is 5. The maximum absolute atomic E-state index is 11.3. The zero-order valence-corrected chi connectivity index (χ0v) is 14.5. The van der Waals surface area contributed by atoms with E-state index in [0.717, 1.165) is 18.4 Å². The van der Waals surface area contributed by atoms with Crippen molar-refractivity contribution in [2.75, 3.05) is 0 Å². The van der Waals surface area contributed by atoms with Crippen LogP contribution in [0, 0.1) is 10.1 Å². The Morgan fingerprint density at radius 1 is 1.35 bits per heavy atom. The second kappa shape index (κ2) is 9.85. The van der Waals surface area contributed by atoms with Gasteiger partial charge in [-0.25, -0.2) is 0 Å². The molecule has 0 heterocycles. The molecule has 1 unspecified atom stereocenters. The maximum Gasteiger partial charge on any atom is 0.287 e. The Morgan fingerprint density at radius 3 is 2.57 bits per heavy atom. The van der Waals surface area contributed by atoms with E-state index in [1.165, 1.54) is 6.08 Å². The van der Waals surface area contributed by atoms with Crippen LogP contribution in [0.3, 0.4) is 0 Å². The Labute approximate surface area is 142 Å². The number of rotatable bonds is 8. The molecule has 1 aromatic rings. The highest BCUT2D eigenvalue weighted by Gasteiger charge is 2.14. The van der Waals surface area contributed by atoms with Crippen LogP contribution in [0.2, 0.25) is 0 Å². The molecule has 0 aliphatic carbocycles. The van der Waals surface area contributed by atoms with E-state index >= 15 is 0 Å². The second-order valence-electron chi connectivity index (χ2n) is 5.26. The molecule has 0 aliphatic heterocycles. The van der Waals surface area contributed by atoms with Gasteiger partial charge >= 0.3 is 0 Å². The van der Waals surface area contributed by atoms with Gasteiger partial charge in [0, 0.05) is 17.2 Å². The summed E-state index contributed by atoms with van der Waals surface area (Å²) in [6.07, 6.45) is 6.69. The van der Waals surface area contributed by atoms with Crippen LogP contribution in [0.4, 0.5) is 0 Å². The average molecular weight is 335 g/mol. The fourth-order valence-corrected chi connectivity index (χ4v) is 2.23. The maximum atomic E-state index is 11.3. The lowest BCUT2D eigenvalue weighted by atomic mass is 10.1. The lowest BCUT2D eigenvalue weighted by Crippen LogP contribution is -2.19. The summed E-state index contributed by atoms with van der Waals surface area (Å²) in [6.45, 7) is 5.71. The quantitative estimate of drug-likeness (QED) is 0.397. The van der Waals surface area contributed by atoms with Crippen LogP contribution in [0.25, 0.3) is 0 Å². The van der Waals surface area contributed by atoms with Gasteiger partial charge in [-0.05, 0) is 31.9 Å². The number of nitrogens with zero attached hydrogens (tertiary/aromatic N) is 1. The predicted octanol–water partition coefficient (Wildman–Crippen LogP) is 5.32. The number of hydrogen-bond donors (Lipinski definition) is 1. The molecule has 0 fully saturated rings. The van der Waals surface area contributed by atoms with E-state index in [1.807, 2.05) is 50.3 Å². The Kier molecular flexibility index (Phi) is 8.13. The van der Waals surface area contributed by atoms with Crippen LogP contribution >= 0.6 is 11.6 Å². The Morgan fingerprint density at radius 2 is 2.00 bits per heavy atom. The molecule has 4 nitrogen and oxygen atoms in total. The Balaban J connectivity index is 2.91. The standard InChI is InChI=1S/C18H23ClN2O2/c1-4-5-11-17(19)12-13-18(21(22)23)15(3)20-14(2)16-9-7-6-8-10-16/h6-14,20H,4-5H2,1-3H3/b13-12-,17-11-,18-15-. The molecule has 23 heavy (non-hydrogen) atoms. The van der Waals surface area contributed by atoms with E-state index < -0.39 is 4.92 Å². The van der Waals surface area contributed by atoms with Gasteiger partial charge in [-0.2, -0.15) is 0 Å². The van der Waals surface area contributed by atoms with E-state index in [9.17, 15) is 10.1 Å². The van der Waals surface area contributed by atoms with Crippen LogP contribution in [0.5, 0.6) is 0 Å². The zero-order valence-electron chi connectivity index (χ0n) is 13.8. The van der Waals surface area contributed by atoms with E-state index in [2.05, 4.69) is 5.32 Å². The van der Waals surface area contributed by atoms with Gasteiger partial charge in [-0.3, -0.25) is 10.1 Å². The highest BCUT2D eigenvalue weighted by molar-refractivity contribution is 6.31. The monoisotopic (exact) mass is 334 g/mol. The largest absolute Gasteiger partial charge is 0.377 e. The van der Waals surface area contributed by atoms with Crippen LogP contribution in [-0.4, -0.2) is 4.92 Å². The van der Waals surface area contributed by atoms with Crippen molar-refractivity contribution in [3.8, 4) is 0 Å². The molecule has 1 rings (SSSR count). The van der Waals surface area contributed by atoms with Crippen molar-refractivity contribution >= 4 is 11.6 Å². The average Bonchev–Trinajstić information content (AvgIpc) is 2.53. The highest BCUT2D eigenvalue weighted by Crippen LogP contribution is 2.16. The lowest BCUT2D eigenvalue weighted by molar-refractivity contribution is -0.420. The molecule has 0 radical (unpaired) electrons. The van der Waals surface area contributed by atoms with Gasteiger partial charge in [0.05, 0.1) is 10.6 Å². The molecule has 0 bridgehead atoms. The first kappa shape index (κ1) is 19.0.